The average molecular weight is 507 g/mol. The number of carbonyl (C=O) groups excluding carboxylic acids is 3. The van der Waals surface area contributed by atoms with Crippen molar-refractivity contribution < 1.29 is 32.0 Å². The predicted molar refractivity (Wildman–Crippen MR) is 122 cm³/mol. The summed E-state index contributed by atoms with van der Waals surface area (Å²) in [5, 5.41) is 2.42. The molecule has 2 aromatic carbocycles. The quantitative estimate of drug-likeness (QED) is 0.411. The van der Waals surface area contributed by atoms with Crippen LogP contribution in [0.5, 0.6) is 0 Å². The number of furan rings is 1. The van der Waals surface area contributed by atoms with Crippen LogP contribution in [0.4, 0.5) is 23.7 Å². The number of imide groups is 1. The zero-order chi connectivity index (χ0) is 24.5. The molecule has 6 nitrogen and oxygen atoms in total. The van der Waals surface area contributed by atoms with Crippen molar-refractivity contribution in [1.82, 2.24) is 4.90 Å². The second-order valence-electron chi connectivity index (χ2n) is 7.10. The normalized spacial score (nSPS) is 15.3. The minimum absolute atomic E-state index is 0.0224. The van der Waals surface area contributed by atoms with E-state index in [1.807, 2.05) is 0 Å². The topological polar surface area (TPSA) is 79.6 Å². The highest BCUT2D eigenvalue weighted by Crippen LogP contribution is 2.35. The summed E-state index contributed by atoms with van der Waals surface area (Å²) in [6.45, 7) is -0.488. The third-order valence-electron chi connectivity index (χ3n) is 4.68. The molecular weight excluding hydrogens is 493 g/mol. The lowest BCUT2D eigenvalue weighted by molar-refractivity contribution is -0.137. The molecule has 2 heterocycles. The average Bonchev–Trinajstić information content (AvgIpc) is 3.35. The number of benzene rings is 2. The molecule has 4 rings (SSSR count). The van der Waals surface area contributed by atoms with Gasteiger partial charge in [0, 0.05) is 22.3 Å². The van der Waals surface area contributed by atoms with Crippen molar-refractivity contribution in [1.29, 1.82) is 0 Å². The highest BCUT2D eigenvalue weighted by Gasteiger charge is 2.36. The van der Waals surface area contributed by atoms with Gasteiger partial charge in [-0.3, -0.25) is 19.3 Å². The number of alkyl halides is 3. The van der Waals surface area contributed by atoms with E-state index >= 15 is 0 Å². The number of rotatable bonds is 5. The van der Waals surface area contributed by atoms with E-state index in [2.05, 4.69) is 5.32 Å². The van der Waals surface area contributed by atoms with Gasteiger partial charge in [0.05, 0.1) is 10.5 Å². The first-order chi connectivity index (χ1) is 16.1. The zero-order valence-corrected chi connectivity index (χ0v) is 18.6. The lowest BCUT2D eigenvalue weighted by atomic mass is 10.1. The fourth-order valence-corrected chi connectivity index (χ4v) is 4.02. The molecule has 0 spiro atoms. The minimum Gasteiger partial charge on any atom is -0.457 e. The maximum absolute atomic E-state index is 13.0. The van der Waals surface area contributed by atoms with Gasteiger partial charge in [0.1, 0.15) is 18.1 Å². The molecule has 1 N–H and O–H groups in total. The largest absolute Gasteiger partial charge is 0.457 e. The molecule has 11 heteroatoms. The maximum Gasteiger partial charge on any atom is 0.416 e. The fraction of sp³-hybridized carbons (Fsp3) is 0.0870. The van der Waals surface area contributed by atoms with E-state index in [9.17, 15) is 27.6 Å². The van der Waals surface area contributed by atoms with Crippen molar-refractivity contribution in [2.75, 3.05) is 11.9 Å². The van der Waals surface area contributed by atoms with Gasteiger partial charge in [-0.1, -0.05) is 23.7 Å². The molecule has 0 unspecified atom stereocenters. The molecule has 0 saturated carbocycles. The maximum atomic E-state index is 13.0. The molecule has 1 fully saturated rings. The number of halogens is 4. The molecule has 0 atom stereocenters. The smallest absolute Gasteiger partial charge is 0.416 e. The standard InChI is InChI=1S/C23H14ClF3N2O4S/c24-15-4-6-16(7-5-15)28-20(30)12-29-21(31)19(34-22(29)32)11-17-8-9-18(33-17)13-2-1-3-14(10-13)23(25,26)27/h1-11H,12H2,(H,28,30)/b19-11+. The Labute approximate surface area is 200 Å². The second kappa shape index (κ2) is 9.40. The van der Waals surface area contributed by atoms with Crippen molar-refractivity contribution in [3.63, 3.8) is 0 Å². The molecule has 174 valence electrons. The number of nitrogens with zero attached hydrogens (tertiary/aromatic N) is 1. The molecular formula is C23H14ClF3N2O4S. The molecule has 1 saturated heterocycles. The van der Waals surface area contributed by atoms with Gasteiger partial charge in [-0.25, -0.2) is 0 Å². The first-order valence-electron chi connectivity index (χ1n) is 9.68. The highest BCUT2D eigenvalue weighted by atomic mass is 35.5. The van der Waals surface area contributed by atoms with Crippen LogP contribution in [0.15, 0.2) is 70.0 Å². The first-order valence-corrected chi connectivity index (χ1v) is 10.9. The first kappa shape index (κ1) is 23.7. The van der Waals surface area contributed by atoms with Crippen LogP contribution in [0.2, 0.25) is 5.02 Å². The van der Waals surface area contributed by atoms with E-state index in [4.69, 9.17) is 16.0 Å². The molecule has 1 aliphatic heterocycles. The van der Waals surface area contributed by atoms with Gasteiger partial charge in [-0.05, 0) is 60.3 Å². The minimum atomic E-state index is -4.50. The summed E-state index contributed by atoms with van der Waals surface area (Å²) in [6.07, 6.45) is -3.19. The van der Waals surface area contributed by atoms with Crippen molar-refractivity contribution in [3.8, 4) is 11.3 Å². The van der Waals surface area contributed by atoms with E-state index < -0.39 is 35.3 Å². The summed E-state index contributed by atoms with van der Waals surface area (Å²) in [6, 6.07) is 13.9. The SMILES string of the molecule is O=C(CN1C(=O)S/C(=C/c2ccc(-c3cccc(C(F)(F)F)c3)o2)C1=O)Nc1ccc(Cl)cc1. The van der Waals surface area contributed by atoms with Gasteiger partial charge in [0.25, 0.3) is 11.1 Å². The Balaban J connectivity index is 1.46. The van der Waals surface area contributed by atoms with Crippen LogP contribution in [0.1, 0.15) is 11.3 Å². The summed E-state index contributed by atoms with van der Waals surface area (Å²) < 4.78 is 44.4. The number of thioether (sulfide) groups is 1. The van der Waals surface area contributed by atoms with E-state index in [-0.39, 0.29) is 22.0 Å². The Morgan fingerprint density at radius 3 is 2.53 bits per heavy atom. The van der Waals surface area contributed by atoms with Gasteiger partial charge in [-0.2, -0.15) is 13.2 Å². The molecule has 3 aromatic rings. The molecule has 0 aliphatic carbocycles. The summed E-state index contributed by atoms with van der Waals surface area (Å²) >= 11 is 6.43. The molecule has 3 amide bonds. The number of hydrogen-bond acceptors (Lipinski definition) is 5. The lowest BCUT2D eigenvalue weighted by Gasteiger charge is -2.12. The summed E-state index contributed by atoms with van der Waals surface area (Å²) in [7, 11) is 0. The zero-order valence-electron chi connectivity index (χ0n) is 17.1. The molecule has 0 bridgehead atoms. The molecule has 0 radical (unpaired) electrons. The van der Waals surface area contributed by atoms with Crippen molar-refractivity contribution in [3.05, 3.63) is 81.9 Å². The van der Waals surface area contributed by atoms with E-state index in [1.54, 1.807) is 24.3 Å². The Bertz CT molecular complexity index is 1300. The fourth-order valence-electron chi connectivity index (χ4n) is 3.08. The number of anilines is 1. The Kier molecular flexibility index (Phi) is 6.54. The Morgan fingerprint density at radius 1 is 1.09 bits per heavy atom. The van der Waals surface area contributed by atoms with E-state index in [0.29, 0.717) is 22.5 Å². The number of hydrogen-bond donors (Lipinski definition) is 1. The monoisotopic (exact) mass is 506 g/mol. The van der Waals surface area contributed by atoms with Gasteiger partial charge >= 0.3 is 6.18 Å². The van der Waals surface area contributed by atoms with Gasteiger partial charge in [0.2, 0.25) is 5.91 Å². The van der Waals surface area contributed by atoms with Crippen LogP contribution in [-0.2, 0) is 15.8 Å². The summed E-state index contributed by atoms with van der Waals surface area (Å²) in [4.78, 5) is 38.0. The molecule has 1 aromatic heterocycles. The number of carbonyl (C=O) groups is 3. The lowest BCUT2D eigenvalue weighted by Crippen LogP contribution is -2.36. The number of nitrogens with one attached hydrogen (secondary N) is 1. The molecule has 34 heavy (non-hydrogen) atoms. The van der Waals surface area contributed by atoms with Gasteiger partial charge < -0.3 is 9.73 Å². The predicted octanol–water partition coefficient (Wildman–Crippen LogP) is 6.29. The van der Waals surface area contributed by atoms with Gasteiger partial charge in [-0.15, -0.1) is 0 Å². The summed E-state index contributed by atoms with van der Waals surface area (Å²) in [5.74, 6) is -0.920. The van der Waals surface area contributed by atoms with Gasteiger partial charge in [0.15, 0.2) is 0 Å². The van der Waals surface area contributed by atoms with E-state index in [1.165, 1.54) is 30.3 Å². The summed E-state index contributed by atoms with van der Waals surface area (Å²) in [5.41, 5.74) is -0.156. The van der Waals surface area contributed by atoms with Crippen LogP contribution in [-0.4, -0.2) is 28.5 Å². The van der Waals surface area contributed by atoms with Crippen LogP contribution >= 0.6 is 23.4 Å². The van der Waals surface area contributed by atoms with E-state index in [0.717, 1.165) is 17.0 Å². The third kappa shape index (κ3) is 5.35. The molecule has 1 aliphatic rings. The third-order valence-corrected chi connectivity index (χ3v) is 5.84. The van der Waals surface area contributed by atoms with Crippen molar-refractivity contribution in [2.24, 2.45) is 0 Å². The highest BCUT2D eigenvalue weighted by molar-refractivity contribution is 8.18. The van der Waals surface area contributed by atoms with Crippen LogP contribution in [0.25, 0.3) is 17.4 Å². The van der Waals surface area contributed by atoms with Crippen LogP contribution < -0.4 is 5.32 Å². The Morgan fingerprint density at radius 2 is 1.82 bits per heavy atom. The second-order valence-corrected chi connectivity index (χ2v) is 8.53. The van der Waals surface area contributed by atoms with Crippen LogP contribution in [0, 0.1) is 0 Å². The van der Waals surface area contributed by atoms with Crippen molar-refractivity contribution >= 4 is 52.2 Å². The Hall–Kier alpha value is -3.50. The number of amides is 3. The van der Waals surface area contributed by atoms with Crippen LogP contribution in [0.3, 0.4) is 0 Å². The van der Waals surface area contributed by atoms with Crippen molar-refractivity contribution in [2.45, 2.75) is 6.18 Å².